The van der Waals surface area contributed by atoms with Gasteiger partial charge in [0.25, 0.3) is 5.91 Å². The number of hydrogen-bond acceptors (Lipinski definition) is 5. The van der Waals surface area contributed by atoms with Crippen LogP contribution in [0.3, 0.4) is 0 Å². The van der Waals surface area contributed by atoms with E-state index in [1.54, 1.807) is 48.0 Å². The van der Waals surface area contributed by atoms with Crippen molar-refractivity contribution in [1.29, 1.82) is 0 Å². The number of benzene rings is 3. The normalized spacial score (nSPS) is 14.9. The largest absolute Gasteiger partial charge is 0.457 e. The lowest BCUT2D eigenvalue weighted by Gasteiger charge is -2.28. The van der Waals surface area contributed by atoms with Gasteiger partial charge in [-0.15, -0.1) is 0 Å². The fraction of sp³-hybridized carbons (Fsp3) is 0.115. The molecule has 1 atom stereocenters. The summed E-state index contributed by atoms with van der Waals surface area (Å²) in [6.45, 7) is 3.60. The van der Waals surface area contributed by atoms with Crippen molar-refractivity contribution >= 4 is 17.5 Å². The maximum Gasteiger partial charge on any atom is 0.255 e. The standard InChI is InChI=1S/C26H22FN5O2/c1-16-23(24(18-8-10-19(27)11-9-18)32-26(28-16)29-17(2)31-32)25(33)30-20-12-14-22(15-13-20)34-21-6-4-3-5-7-21/h3-15,24H,1-2H3,(H,30,33)(H,28,29,31). The Bertz CT molecular complexity index is 1360. The molecule has 1 unspecified atom stereocenters. The van der Waals surface area contributed by atoms with Crippen molar-refractivity contribution in [2.45, 2.75) is 19.9 Å². The van der Waals surface area contributed by atoms with Crippen LogP contribution in [-0.4, -0.2) is 20.7 Å². The van der Waals surface area contributed by atoms with Crippen molar-refractivity contribution in [3.63, 3.8) is 0 Å². The van der Waals surface area contributed by atoms with E-state index in [-0.39, 0.29) is 11.7 Å². The Hall–Kier alpha value is -4.46. The zero-order valence-electron chi connectivity index (χ0n) is 18.6. The molecule has 1 aliphatic heterocycles. The van der Waals surface area contributed by atoms with Gasteiger partial charge in [0.2, 0.25) is 5.95 Å². The van der Waals surface area contributed by atoms with Crippen LogP contribution < -0.4 is 15.4 Å². The minimum absolute atomic E-state index is 0.296. The molecule has 0 bridgehead atoms. The third-order valence-corrected chi connectivity index (χ3v) is 5.48. The lowest BCUT2D eigenvalue weighted by Crippen LogP contribution is -2.31. The molecule has 0 fully saturated rings. The molecule has 5 rings (SSSR count). The Kier molecular flexibility index (Phi) is 5.55. The van der Waals surface area contributed by atoms with Gasteiger partial charge >= 0.3 is 0 Å². The third kappa shape index (κ3) is 4.25. The smallest absolute Gasteiger partial charge is 0.255 e. The molecule has 170 valence electrons. The van der Waals surface area contributed by atoms with Crippen LogP contribution in [0, 0.1) is 12.7 Å². The van der Waals surface area contributed by atoms with Crippen LogP contribution in [0.4, 0.5) is 16.0 Å². The van der Waals surface area contributed by atoms with Crippen LogP contribution in [0.25, 0.3) is 0 Å². The topological polar surface area (TPSA) is 81.1 Å². The van der Waals surface area contributed by atoms with E-state index in [9.17, 15) is 9.18 Å². The first-order valence-electron chi connectivity index (χ1n) is 10.8. The second-order valence-corrected chi connectivity index (χ2v) is 7.94. The van der Waals surface area contributed by atoms with Crippen LogP contribution in [0.2, 0.25) is 0 Å². The molecular weight excluding hydrogens is 433 g/mol. The highest BCUT2D eigenvalue weighted by atomic mass is 19.1. The molecule has 0 saturated heterocycles. The molecule has 2 heterocycles. The Morgan fingerprint density at radius 1 is 0.971 bits per heavy atom. The van der Waals surface area contributed by atoms with Gasteiger partial charge in [-0.25, -0.2) is 9.07 Å². The summed E-state index contributed by atoms with van der Waals surface area (Å²) in [5, 5.41) is 10.6. The highest BCUT2D eigenvalue weighted by Crippen LogP contribution is 2.35. The number of hydrogen-bond donors (Lipinski definition) is 2. The van der Waals surface area contributed by atoms with Crippen LogP contribution in [0.15, 0.2) is 90.1 Å². The van der Waals surface area contributed by atoms with Crippen molar-refractivity contribution < 1.29 is 13.9 Å². The number of allylic oxidation sites excluding steroid dienone is 1. The summed E-state index contributed by atoms with van der Waals surface area (Å²) in [5.74, 6) is 1.84. The molecular formula is C26H22FN5O2. The van der Waals surface area contributed by atoms with Crippen molar-refractivity contribution in [3.05, 3.63) is 107 Å². The Labute approximate surface area is 195 Å². The number of fused-ring (bicyclic) bond motifs is 1. The molecule has 4 aromatic rings. The fourth-order valence-electron chi connectivity index (χ4n) is 3.93. The van der Waals surface area contributed by atoms with Crippen LogP contribution >= 0.6 is 0 Å². The molecule has 34 heavy (non-hydrogen) atoms. The van der Waals surface area contributed by atoms with Gasteiger partial charge in [-0.05, 0) is 67.9 Å². The van der Waals surface area contributed by atoms with Gasteiger partial charge in [0.05, 0.1) is 5.57 Å². The summed E-state index contributed by atoms with van der Waals surface area (Å²) in [4.78, 5) is 17.8. The second kappa shape index (κ2) is 8.82. The maximum absolute atomic E-state index is 13.6. The lowest BCUT2D eigenvalue weighted by atomic mass is 9.95. The zero-order valence-corrected chi connectivity index (χ0v) is 18.6. The van der Waals surface area contributed by atoms with E-state index in [4.69, 9.17) is 4.74 Å². The van der Waals surface area contributed by atoms with E-state index in [1.807, 2.05) is 37.3 Å². The monoisotopic (exact) mass is 455 g/mol. The predicted molar refractivity (Wildman–Crippen MR) is 127 cm³/mol. The van der Waals surface area contributed by atoms with Gasteiger partial charge in [0, 0.05) is 11.4 Å². The van der Waals surface area contributed by atoms with E-state index in [0.29, 0.717) is 34.5 Å². The lowest BCUT2D eigenvalue weighted by molar-refractivity contribution is -0.113. The summed E-state index contributed by atoms with van der Waals surface area (Å²) >= 11 is 0. The average Bonchev–Trinajstić information content (AvgIpc) is 3.20. The number of aryl methyl sites for hydroxylation is 1. The first-order chi connectivity index (χ1) is 16.5. The number of aromatic nitrogens is 3. The van der Waals surface area contributed by atoms with E-state index in [0.717, 1.165) is 11.3 Å². The van der Waals surface area contributed by atoms with Gasteiger partial charge in [-0.2, -0.15) is 10.1 Å². The molecule has 3 aromatic carbocycles. The minimum Gasteiger partial charge on any atom is -0.457 e. The van der Waals surface area contributed by atoms with Crippen LogP contribution in [-0.2, 0) is 4.79 Å². The van der Waals surface area contributed by atoms with Gasteiger partial charge in [-0.1, -0.05) is 30.3 Å². The summed E-state index contributed by atoms with van der Waals surface area (Å²) in [7, 11) is 0. The van der Waals surface area contributed by atoms with Crippen molar-refractivity contribution in [1.82, 2.24) is 14.8 Å². The number of halogens is 1. The van der Waals surface area contributed by atoms with Gasteiger partial charge in [-0.3, -0.25) is 4.79 Å². The first-order valence-corrected chi connectivity index (χ1v) is 10.8. The van der Waals surface area contributed by atoms with Crippen LogP contribution in [0.1, 0.15) is 24.4 Å². The van der Waals surface area contributed by atoms with Crippen LogP contribution in [0.5, 0.6) is 11.5 Å². The van der Waals surface area contributed by atoms with Crippen molar-refractivity contribution in [3.8, 4) is 11.5 Å². The molecule has 1 aromatic heterocycles. The summed E-state index contributed by atoms with van der Waals surface area (Å²) in [5.41, 5.74) is 2.46. The van der Waals surface area contributed by atoms with Gasteiger partial charge in [0.1, 0.15) is 29.2 Å². The molecule has 1 amide bonds. The molecule has 0 aliphatic carbocycles. The number of rotatable bonds is 5. The maximum atomic E-state index is 13.6. The van der Waals surface area contributed by atoms with E-state index < -0.39 is 6.04 Å². The number of anilines is 2. The number of nitrogens with one attached hydrogen (secondary N) is 2. The van der Waals surface area contributed by atoms with Crippen molar-refractivity contribution in [2.75, 3.05) is 10.6 Å². The highest BCUT2D eigenvalue weighted by molar-refractivity contribution is 6.06. The number of nitrogens with zero attached hydrogens (tertiary/aromatic N) is 3. The fourth-order valence-corrected chi connectivity index (χ4v) is 3.93. The summed E-state index contributed by atoms with van der Waals surface area (Å²) < 4.78 is 21.1. The number of carbonyl (C=O) groups is 1. The average molecular weight is 455 g/mol. The van der Waals surface area contributed by atoms with Gasteiger partial charge < -0.3 is 15.4 Å². The molecule has 0 saturated carbocycles. The number of amides is 1. The first kappa shape index (κ1) is 21.4. The van der Waals surface area contributed by atoms with E-state index >= 15 is 0 Å². The minimum atomic E-state index is -0.557. The Morgan fingerprint density at radius 2 is 1.65 bits per heavy atom. The molecule has 1 aliphatic rings. The molecule has 7 nitrogen and oxygen atoms in total. The molecule has 0 radical (unpaired) electrons. The molecule has 0 spiro atoms. The quantitative estimate of drug-likeness (QED) is 0.419. The third-order valence-electron chi connectivity index (χ3n) is 5.48. The molecule has 2 N–H and O–H groups in total. The van der Waals surface area contributed by atoms with E-state index in [2.05, 4.69) is 20.7 Å². The number of ether oxygens (including phenoxy) is 1. The SMILES string of the molecule is CC1=C(C(=O)Nc2ccc(Oc3ccccc3)cc2)C(c2ccc(F)cc2)n2nc(C)nc2N1. The van der Waals surface area contributed by atoms with Gasteiger partial charge in [0.15, 0.2) is 0 Å². The predicted octanol–water partition coefficient (Wildman–Crippen LogP) is 5.45. The Balaban J connectivity index is 1.41. The number of carbonyl (C=O) groups excluding carboxylic acids is 1. The zero-order chi connectivity index (χ0) is 23.7. The van der Waals surface area contributed by atoms with Crippen molar-refractivity contribution in [2.24, 2.45) is 0 Å². The number of para-hydroxylation sites is 1. The summed E-state index contributed by atoms with van der Waals surface area (Å²) in [6, 6.07) is 22.1. The van der Waals surface area contributed by atoms with E-state index in [1.165, 1.54) is 12.1 Å². The molecule has 8 heteroatoms. The highest BCUT2D eigenvalue weighted by Gasteiger charge is 2.34. The summed E-state index contributed by atoms with van der Waals surface area (Å²) in [6.07, 6.45) is 0. The Morgan fingerprint density at radius 3 is 2.35 bits per heavy atom. The second-order valence-electron chi connectivity index (χ2n) is 7.94.